The molecule has 186 valence electrons. The van der Waals surface area contributed by atoms with Crippen LogP contribution in [0.15, 0.2) is 11.6 Å². The summed E-state index contributed by atoms with van der Waals surface area (Å²) < 4.78 is 0. The van der Waals surface area contributed by atoms with Gasteiger partial charge in [0, 0.05) is 12.3 Å². The van der Waals surface area contributed by atoms with Crippen LogP contribution in [0.5, 0.6) is 0 Å². The fourth-order valence-corrected chi connectivity index (χ4v) is 7.23. The number of carbonyl (C=O) groups excluding carboxylic acids is 2. The first-order valence-corrected chi connectivity index (χ1v) is 9.60. The van der Waals surface area contributed by atoms with Crippen molar-refractivity contribution in [3.05, 3.63) is 11.6 Å². The predicted molar refractivity (Wildman–Crippen MR) is 219 cm³/mol. The first kappa shape index (κ1) is 87.5. The molecule has 0 saturated heterocycles. The van der Waals surface area contributed by atoms with Crippen LogP contribution in [-0.4, -0.2) is 578 Å². The molecule has 0 N–H and O–H groups in total. The third-order valence-electron chi connectivity index (χ3n) is 8.45. The van der Waals surface area contributed by atoms with E-state index in [9.17, 15) is 9.59 Å². The van der Waals surface area contributed by atoms with Crippen LogP contribution in [0.1, 0.15) is 72.1 Å². The van der Waals surface area contributed by atoms with Crippen LogP contribution >= 0.6 is 0 Å². The fraction of sp³-hybridized carbons (Fsp3) is 0.810. The molecule has 0 unspecified atom stereocenters. The number of allylic oxidation sites excluding steroid dienone is 1. The van der Waals surface area contributed by atoms with Gasteiger partial charge in [-0.1, -0.05) is 19.4 Å². The standard InChI is InChI=1S/C21H30O2.15Ca.30H/c1-13(22)17-6-7-18-16-5-4-14-12-15(23)8-10-20(14,2)19(16)9-11-21(17,18)3;;;;;;;;;;;;;;;;;;;;;;;;;;;;;;;;;;;;;;;;;;;;;/h12,16-19H,4-11H2,1-3H3;;;;;;;;;;;;;;;;;;;;;;;;;;;;;;;;;;;;;;;;;;;;;/t16-,17+,18-,19-,20-,21+;;;;;;;;;;;;;;;;;;;;;;;;;;;;;;;;;;;;;;;;;;;;;/m0............................................./s1. The molecule has 0 aromatic carbocycles. The van der Waals surface area contributed by atoms with Gasteiger partial charge in [-0.2, -0.15) is 0 Å². The second-order valence-corrected chi connectivity index (χ2v) is 9.25. The van der Waals surface area contributed by atoms with Gasteiger partial charge in [-0.25, -0.2) is 0 Å². The van der Waals surface area contributed by atoms with Gasteiger partial charge in [0.15, 0.2) is 5.78 Å². The van der Waals surface area contributed by atoms with E-state index >= 15 is 0 Å². The van der Waals surface area contributed by atoms with Crippen molar-refractivity contribution in [3.63, 3.8) is 0 Å². The summed E-state index contributed by atoms with van der Waals surface area (Å²) in [6.07, 6.45) is 10.9. The molecular weight excluding hydrogens is 885 g/mol. The first-order chi connectivity index (χ1) is 10.9. The van der Waals surface area contributed by atoms with E-state index in [0.717, 1.165) is 43.4 Å². The van der Waals surface area contributed by atoms with E-state index in [2.05, 4.69) is 13.8 Å². The van der Waals surface area contributed by atoms with Crippen LogP contribution in [0.2, 0.25) is 0 Å². The van der Waals surface area contributed by atoms with Crippen molar-refractivity contribution in [2.45, 2.75) is 72.1 Å². The molecule has 0 bridgehead atoms. The van der Waals surface area contributed by atoms with Crippen molar-refractivity contribution >= 4 is 578 Å². The van der Waals surface area contributed by atoms with Crippen LogP contribution in [0, 0.1) is 34.5 Å². The zero-order valence-corrected chi connectivity index (χ0v) is 14.9. The molecule has 2 nitrogen and oxygen atoms in total. The Balaban J connectivity index is -0.0000000451. The molecule has 3 fully saturated rings. The summed E-state index contributed by atoms with van der Waals surface area (Å²) >= 11 is 0. The summed E-state index contributed by atoms with van der Waals surface area (Å²) in [6, 6.07) is 0. The van der Waals surface area contributed by atoms with Crippen LogP contribution in [0.25, 0.3) is 0 Å². The Morgan fingerprint density at radius 1 is 0.658 bits per heavy atom. The van der Waals surface area contributed by atoms with Crippen LogP contribution in [0.3, 0.4) is 0 Å². The van der Waals surface area contributed by atoms with Gasteiger partial charge in [0.1, 0.15) is 5.78 Å². The number of carbonyl (C=O) groups is 2. The van der Waals surface area contributed by atoms with E-state index in [0.29, 0.717) is 17.5 Å². The van der Waals surface area contributed by atoms with Crippen molar-refractivity contribution in [2.24, 2.45) is 34.5 Å². The van der Waals surface area contributed by atoms with Crippen molar-refractivity contribution in [3.8, 4) is 0 Å². The Hall–Kier alpha value is 18.0. The van der Waals surface area contributed by atoms with Gasteiger partial charge < -0.3 is 0 Å². The molecule has 0 aliphatic heterocycles. The summed E-state index contributed by atoms with van der Waals surface area (Å²) in [4.78, 5) is 24.0. The van der Waals surface area contributed by atoms with Gasteiger partial charge >= 0.3 is 566 Å². The second-order valence-electron chi connectivity index (χ2n) is 9.25. The Kier molecular flexibility index (Phi) is 103. The number of hydrogen-bond donors (Lipinski definition) is 0. The molecule has 0 heterocycles. The van der Waals surface area contributed by atoms with E-state index in [1.54, 1.807) is 6.92 Å². The van der Waals surface area contributed by atoms with Crippen molar-refractivity contribution in [1.29, 1.82) is 0 Å². The third-order valence-corrected chi connectivity index (χ3v) is 8.45. The third kappa shape index (κ3) is 23.7. The van der Waals surface area contributed by atoms with E-state index in [4.69, 9.17) is 0 Å². The molecule has 0 amide bonds. The number of ketones is 2. The fourth-order valence-electron chi connectivity index (χ4n) is 7.23. The average Bonchev–Trinajstić information content (AvgIpc) is 2.85. The summed E-state index contributed by atoms with van der Waals surface area (Å²) in [5.41, 5.74) is 1.95. The molecule has 4 rings (SSSR count). The molecule has 38 heavy (non-hydrogen) atoms. The minimum absolute atomic E-state index is 0. The van der Waals surface area contributed by atoms with Crippen LogP contribution < -0.4 is 0 Å². The maximum atomic E-state index is 12.1. The number of hydrogen-bond acceptors (Lipinski definition) is 2. The Morgan fingerprint density at radius 3 is 1.58 bits per heavy atom. The van der Waals surface area contributed by atoms with Crippen molar-refractivity contribution in [2.75, 3.05) is 0 Å². The topological polar surface area (TPSA) is 34.1 Å². The van der Waals surface area contributed by atoms with Gasteiger partial charge in [0.05, 0.1) is 0 Å². The van der Waals surface area contributed by atoms with Gasteiger partial charge in [0.2, 0.25) is 0 Å². The minimum atomic E-state index is 0. The SMILES string of the molecule is CC(=O)[C@H]1CC[C@H]2[C@@H]3CCC4=CC(=O)CC[C@]4(C)[C@H]3CC[C@]12C.[CaH2].[CaH2].[CaH2].[CaH2].[CaH2].[CaH2].[CaH2].[CaH2].[CaH2].[CaH2].[CaH2].[CaH2].[CaH2].[CaH2].[CaH2]. The number of Topliss-reactive ketones (excluding diaryl/α,β-unsaturated/α-hetero) is 1. The monoisotopic (exact) mass is 944 g/mol. The van der Waals surface area contributed by atoms with Crippen LogP contribution in [-0.2, 0) is 9.59 Å². The average molecular weight is 946 g/mol. The molecule has 0 radical (unpaired) electrons. The molecule has 0 spiro atoms. The Bertz CT molecular complexity index is 625. The molecule has 0 aromatic heterocycles. The normalized spacial score (nSPS) is 29.7. The molecule has 4 aliphatic rings. The van der Waals surface area contributed by atoms with Crippen molar-refractivity contribution < 1.29 is 9.59 Å². The molecular formula is C21H60Ca15O2. The van der Waals surface area contributed by atoms with Crippen molar-refractivity contribution in [1.82, 2.24) is 0 Å². The predicted octanol–water partition coefficient (Wildman–Crippen LogP) is -9.02. The zero-order chi connectivity index (χ0) is 16.4. The van der Waals surface area contributed by atoms with E-state index in [-0.39, 0.29) is 577 Å². The first-order valence-electron chi connectivity index (χ1n) is 9.60. The molecule has 4 aliphatic carbocycles. The Labute approximate surface area is 681 Å². The molecule has 3 saturated carbocycles. The number of fused-ring (bicyclic) bond motifs is 5. The molecule has 0 aromatic rings. The second kappa shape index (κ2) is 44.5. The number of rotatable bonds is 1. The van der Waals surface area contributed by atoms with Gasteiger partial charge in [-0.15, -0.1) is 0 Å². The van der Waals surface area contributed by atoms with E-state index < -0.39 is 0 Å². The summed E-state index contributed by atoms with van der Waals surface area (Å²) in [5, 5.41) is 0. The maximum absolute atomic E-state index is 12.1. The summed E-state index contributed by atoms with van der Waals surface area (Å²) in [7, 11) is 0. The molecule has 6 atom stereocenters. The van der Waals surface area contributed by atoms with Gasteiger partial charge in [0.25, 0.3) is 0 Å². The van der Waals surface area contributed by atoms with E-state index in [1.807, 2.05) is 6.08 Å². The molecule has 17 heteroatoms. The Morgan fingerprint density at radius 2 is 1.13 bits per heavy atom. The summed E-state index contributed by atoms with van der Waals surface area (Å²) in [6.45, 7) is 6.65. The summed E-state index contributed by atoms with van der Waals surface area (Å²) in [5.74, 6) is 3.29. The van der Waals surface area contributed by atoms with E-state index in [1.165, 1.54) is 31.3 Å². The zero-order valence-electron chi connectivity index (χ0n) is 14.9. The quantitative estimate of drug-likeness (QED) is 0.246. The van der Waals surface area contributed by atoms with Crippen LogP contribution in [0.4, 0.5) is 0 Å². The van der Waals surface area contributed by atoms with Gasteiger partial charge in [-0.05, 0) is 86.5 Å². The van der Waals surface area contributed by atoms with Gasteiger partial charge in [-0.3, -0.25) is 9.59 Å².